The van der Waals surface area contributed by atoms with E-state index in [9.17, 15) is 32.3 Å². The summed E-state index contributed by atoms with van der Waals surface area (Å²) in [6.45, 7) is 0.102. The molecule has 172 valence electrons. The van der Waals surface area contributed by atoms with E-state index in [4.69, 9.17) is 0 Å². The molecule has 0 radical (unpaired) electrons. The van der Waals surface area contributed by atoms with E-state index in [1.165, 1.54) is 35.2 Å². The van der Waals surface area contributed by atoms with Crippen LogP contribution in [0.4, 0.5) is 13.2 Å². The monoisotopic (exact) mass is 458 g/mol. The Morgan fingerprint density at radius 2 is 1.82 bits per heavy atom. The van der Waals surface area contributed by atoms with Gasteiger partial charge in [0.25, 0.3) is 11.8 Å². The van der Waals surface area contributed by atoms with E-state index in [1.807, 2.05) is 0 Å². The molecule has 1 unspecified atom stereocenters. The summed E-state index contributed by atoms with van der Waals surface area (Å²) in [5.41, 5.74) is 1.31. The SMILES string of the molecule is O=C1CCC(N2Cc3cc(C(=O)N[C@H](CC(F)(F)F)c4ccccc4)ccc3C2=O)C(=O)C1. The van der Waals surface area contributed by atoms with Gasteiger partial charge in [-0.15, -0.1) is 0 Å². The van der Waals surface area contributed by atoms with Crippen molar-refractivity contribution >= 4 is 23.4 Å². The van der Waals surface area contributed by atoms with Crippen LogP contribution in [0.3, 0.4) is 0 Å². The number of carbonyl (C=O) groups excluding carboxylic acids is 4. The Labute approximate surface area is 187 Å². The Balaban J connectivity index is 1.52. The molecule has 33 heavy (non-hydrogen) atoms. The van der Waals surface area contributed by atoms with Crippen LogP contribution in [-0.2, 0) is 16.1 Å². The quantitative estimate of drug-likeness (QED) is 0.692. The molecule has 2 atom stereocenters. The van der Waals surface area contributed by atoms with E-state index in [2.05, 4.69) is 5.32 Å². The highest BCUT2D eigenvalue weighted by atomic mass is 19.4. The van der Waals surface area contributed by atoms with Gasteiger partial charge in [0.1, 0.15) is 5.78 Å². The first-order valence-electron chi connectivity index (χ1n) is 10.5. The minimum Gasteiger partial charge on any atom is -0.345 e. The third kappa shape index (κ3) is 4.97. The maximum Gasteiger partial charge on any atom is 0.391 e. The standard InChI is InChI=1S/C24H21F3N2O4/c25-24(26,27)12-19(14-4-2-1-3-5-14)28-22(32)15-6-8-18-16(10-15)13-29(23(18)33)20-9-7-17(30)11-21(20)31/h1-6,8,10,19-20H,7,9,11-13H2,(H,28,32)/t19-,20?/m1/s1. The number of hydrogen-bond donors (Lipinski definition) is 1. The number of amides is 2. The number of ketones is 2. The summed E-state index contributed by atoms with van der Waals surface area (Å²) in [5, 5.41) is 2.45. The zero-order chi connectivity index (χ0) is 23.8. The molecule has 0 bridgehead atoms. The fourth-order valence-corrected chi connectivity index (χ4v) is 4.34. The Morgan fingerprint density at radius 1 is 1.09 bits per heavy atom. The Morgan fingerprint density at radius 3 is 2.48 bits per heavy atom. The summed E-state index contributed by atoms with van der Waals surface area (Å²) < 4.78 is 39.3. The number of halogens is 3. The van der Waals surface area contributed by atoms with Crippen molar-refractivity contribution in [2.24, 2.45) is 0 Å². The maximum absolute atomic E-state index is 13.1. The van der Waals surface area contributed by atoms with Crippen LogP contribution in [0.25, 0.3) is 0 Å². The molecule has 0 saturated heterocycles. The van der Waals surface area contributed by atoms with Gasteiger partial charge in [-0.2, -0.15) is 13.2 Å². The summed E-state index contributed by atoms with van der Waals surface area (Å²) in [6.07, 6.45) is -5.40. The topological polar surface area (TPSA) is 83.6 Å². The van der Waals surface area contributed by atoms with Crippen molar-refractivity contribution in [1.29, 1.82) is 0 Å². The van der Waals surface area contributed by atoms with Crippen LogP contribution in [0.15, 0.2) is 48.5 Å². The zero-order valence-electron chi connectivity index (χ0n) is 17.5. The van der Waals surface area contributed by atoms with Crippen molar-refractivity contribution in [3.8, 4) is 0 Å². The van der Waals surface area contributed by atoms with Crippen molar-refractivity contribution in [2.75, 3.05) is 0 Å². The van der Waals surface area contributed by atoms with Crippen LogP contribution >= 0.6 is 0 Å². The fraction of sp³-hybridized carbons (Fsp3) is 0.333. The fourth-order valence-electron chi connectivity index (χ4n) is 4.34. The molecule has 2 aliphatic rings. The van der Waals surface area contributed by atoms with E-state index in [0.717, 1.165) is 0 Å². The van der Waals surface area contributed by atoms with Crippen molar-refractivity contribution in [3.63, 3.8) is 0 Å². The number of benzene rings is 2. The number of fused-ring (bicyclic) bond motifs is 1. The van der Waals surface area contributed by atoms with Gasteiger partial charge in [0.2, 0.25) is 0 Å². The van der Waals surface area contributed by atoms with Crippen LogP contribution in [0.5, 0.6) is 0 Å². The molecule has 1 aliphatic heterocycles. The normalized spacial score (nSPS) is 19.4. The molecule has 1 fully saturated rings. The molecule has 9 heteroatoms. The van der Waals surface area contributed by atoms with E-state index in [-0.39, 0.29) is 48.8 Å². The molecule has 2 amide bonds. The van der Waals surface area contributed by atoms with Gasteiger partial charge < -0.3 is 10.2 Å². The molecule has 6 nitrogen and oxygen atoms in total. The molecule has 2 aromatic rings. The molecule has 1 heterocycles. The van der Waals surface area contributed by atoms with E-state index in [1.54, 1.807) is 18.2 Å². The van der Waals surface area contributed by atoms with Crippen LogP contribution in [0.2, 0.25) is 0 Å². The smallest absolute Gasteiger partial charge is 0.345 e. The molecule has 1 N–H and O–H groups in total. The molecule has 1 saturated carbocycles. The first-order valence-corrected chi connectivity index (χ1v) is 10.5. The molecular formula is C24H21F3N2O4. The summed E-state index contributed by atoms with van der Waals surface area (Å²) in [6, 6.07) is 10.3. The molecule has 1 aliphatic carbocycles. The lowest BCUT2D eigenvalue weighted by Crippen LogP contribution is -2.44. The Hall–Kier alpha value is -3.49. The Bertz CT molecular complexity index is 1110. The summed E-state index contributed by atoms with van der Waals surface area (Å²) in [7, 11) is 0. The van der Waals surface area contributed by atoms with Crippen LogP contribution in [-0.4, -0.2) is 40.5 Å². The zero-order valence-corrected chi connectivity index (χ0v) is 17.5. The van der Waals surface area contributed by atoms with Crippen LogP contribution < -0.4 is 5.32 Å². The van der Waals surface area contributed by atoms with Gasteiger partial charge in [0.05, 0.1) is 24.9 Å². The molecule has 4 rings (SSSR count). The first-order chi connectivity index (χ1) is 15.6. The lowest BCUT2D eigenvalue weighted by atomic mass is 9.92. The largest absolute Gasteiger partial charge is 0.391 e. The predicted octanol–water partition coefficient (Wildman–Crippen LogP) is 3.76. The number of alkyl halides is 3. The number of rotatable bonds is 5. The van der Waals surface area contributed by atoms with Crippen molar-refractivity contribution < 1.29 is 32.3 Å². The average molecular weight is 458 g/mol. The van der Waals surface area contributed by atoms with Gasteiger partial charge in [-0.25, -0.2) is 0 Å². The van der Waals surface area contributed by atoms with Gasteiger partial charge in [-0.1, -0.05) is 30.3 Å². The van der Waals surface area contributed by atoms with E-state index >= 15 is 0 Å². The molecular weight excluding hydrogens is 437 g/mol. The maximum atomic E-state index is 13.1. The average Bonchev–Trinajstić information content (AvgIpc) is 3.08. The van der Waals surface area contributed by atoms with E-state index in [0.29, 0.717) is 16.7 Å². The van der Waals surface area contributed by atoms with Crippen LogP contribution in [0.1, 0.15) is 63.6 Å². The minimum atomic E-state index is -4.48. The number of hydrogen-bond acceptors (Lipinski definition) is 4. The third-order valence-electron chi connectivity index (χ3n) is 5.96. The van der Waals surface area contributed by atoms with Gasteiger partial charge >= 0.3 is 6.18 Å². The lowest BCUT2D eigenvalue weighted by molar-refractivity contribution is -0.140. The number of nitrogens with zero attached hydrogens (tertiary/aromatic N) is 1. The number of nitrogens with one attached hydrogen (secondary N) is 1. The summed E-state index contributed by atoms with van der Waals surface area (Å²) in [5.74, 6) is -1.50. The minimum absolute atomic E-state index is 0.102. The van der Waals surface area contributed by atoms with Gasteiger partial charge in [-0.05, 0) is 35.7 Å². The van der Waals surface area contributed by atoms with Gasteiger partial charge in [0.15, 0.2) is 5.78 Å². The molecule has 2 aromatic carbocycles. The highest BCUT2D eigenvalue weighted by molar-refractivity contribution is 6.08. The van der Waals surface area contributed by atoms with Gasteiger partial charge in [0, 0.05) is 24.1 Å². The third-order valence-corrected chi connectivity index (χ3v) is 5.96. The second-order valence-electron chi connectivity index (χ2n) is 8.30. The second-order valence-corrected chi connectivity index (χ2v) is 8.30. The highest BCUT2D eigenvalue weighted by Crippen LogP contribution is 2.31. The summed E-state index contributed by atoms with van der Waals surface area (Å²) >= 11 is 0. The number of carbonyl (C=O) groups is 4. The van der Waals surface area contributed by atoms with Gasteiger partial charge in [-0.3, -0.25) is 19.2 Å². The van der Waals surface area contributed by atoms with E-state index < -0.39 is 30.6 Å². The molecule has 0 aromatic heterocycles. The molecule has 0 spiro atoms. The first kappa shape index (κ1) is 22.7. The second kappa shape index (κ2) is 8.80. The lowest BCUT2D eigenvalue weighted by Gasteiger charge is -2.29. The summed E-state index contributed by atoms with van der Waals surface area (Å²) in [4.78, 5) is 50.7. The van der Waals surface area contributed by atoms with Crippen LogP contribution in [0, 0.1) is 0 Å². The van der Waals surface area contributed by atoms with Crippen molar-refractivity contribution in [1.82, 2.24) is 10.2 Å². The van der Waals surface area contributed by atoms with Crippen molar-refractivity contribution in [2.45, 2.75) is 50.5 Å². The highest BCUT2D eigenvalue weighted by Gasteiger charge is 2.39. The number of Topliss-reactive ketones (excluding diaryl/α,β-unsaturated/α-hetero) is 2. The Kier molecular flexibility index (Phi) is 6.05. The predicted molar refractivity (Wildman–Crippen MR) is 111 cm³/mol. The van der Waals surface area contributed by atoms with Crippen molar-refractivity contribution in [3.05, 3.63) is 70.8 Å².